The lowest BCUT2D eigenvalue weighted by Gasteiger charge is -2.15. The fourth-order valence-corrected chi connectivity index (χ4v) is 1.29. The van der Waals surface area contributed by atoms with Gasteiger partial charge in [-0.15, -0.1) is 0 Å². The van der Waals surface area contributed by atoms with Crippen LogP contribution in [0.5, 0.6) is 0 Å². The first-order valence-electron chi connectivity index (χ1n) is 6.02. The maximum absolute atomic E-state index is 11.3. The summed E-state index contributed by atoms with van der Waals surface area (Å²) in [5.74, 6) is -0.762. The molecule has 0 radical (unpaired) electrons. The Morgan fingerprint density at radius 1 is 1.18 bits per heavy atom. The van der Waals surface area contributed by atoms with Gasteiger partial charge in [0.2, 0.25) is 0 Å². The number of carbonyl (C=O) groups is 3. The zero-order chi connectivity index (χ0) is 13.1. The summed E-state index contributed by atoms with van der Waals surface area (Å²) >= 11 is 0. The van der Waals surface area contributed by atoms with Gasteiger partial charge in [0.05, 0.1) is 0 Å². The molecule has 0 aliphatic rings. The van der Waals surface area contributed by atoms with Gasteiger partial charge in [0.15, 0.2) is 0 Å². The number of rotatable bonds is 8. The minimum Gasteiger partial charge on any atom is -0.338 e. The third-order valence-corrected chi connectivity index (χ3v) is 2.30. The van der Waals surface area contributed by atoms with Crippen LogP contribution in [0.3, 0.4) is 0 Å². The van der Waals surface area contributed by atoms with Crippen molar-refractivity contribution >= 4 is 18.2 Å². The maximum atomic E-state index is 11.3. The second kappa shape index (κ2) is 9.81. The van der Waals surface area contributed by atoms with Crippen molar-refractivity contribution in [3.8, 4) is 0 Å². The Kier molecular flexibility index (Phi) is 9.01. The Morgan fingerprint density at radius 3 is 2.47 bits per heavy atom. The molecule has 5 nitrogen and oxygen atoms in total. The number of carbonyl (C=O) groups excluding carboxylic acids is 3. The van der Waals surface area contributed by atoms with E-state index in [0.29, 0.717) is 12.7 Å². The van der Waals surface area contributed by atoms with Gasteiger partial charge in [0.25, 0.3) is 5.91 Å². The van der Waals surface area contributed by atoms with Gasteiger partial charge in [-0.1, -0.05) is 26.2 Å². The molecule has 0 unspecified atom stereocenters. The normalized spacial score (nSPS) is 9.76. The highest BCUT2D eigenvalue weighted by atomic mass is 16.7. The summed E-state index contributed by atoms with van der Waals surface area (Å²) < 4.78 is 0. The van der Waals surface area contributed by atoms with Crippen molar-refractivity contribution in [1.82, 2.24) is 5.06 Å². The number of amides is 1. The van der Waals surface area contributed by atoms with Crippen molar-refractivity contribution in [2.24, 2.45) is 0 Å². The largest absolute Gasteiger partial charge is 0.338 e. The van der Waals surface area contributed by atoms with Crippen LogP contribution in [0.4, 0.5) is 0 Å². The van der Waals surface area contributed by atoms with Gasteiger partial charge >= 0.3 is 5.97 Å². The number of aldehydes is 1. The van der Waals surface area contributed by atoms with Crippen molar-refractivity contribution in [2.75, 3.05) is 7.05 Å². The van der Waals surface area contributed by atoms with Gasteiger partial charge in [-0.05, 0) is 6.42 Å². The predicted octanol–water partition coefficient (Wildman–Crippen LogP) is 1.85. The molecule has 5 heteroatoms. The van der Waals surface area contributed by atoms with Gasteiger partial charge in [-0.3, -0.25) is 4.79 Å². The highest BCUT2D eigenvalue weighted by molar-refractivity contribution is 5.79. The minimum absolute atomic E-state index is 0.0725. The van der Waals surface area contributed by atoms with E-state index in [1.54, 1.807) is 0 Å². The third-order valence-electron chi connectivity index (χ3n) is 2.30. The number of hydroxylamine groups is 2. The molecular formula is C12H21NO4. The lowest BCUT2D eigenvalue weighted by molar-refractivity contribution is -0.192. The summed E-state index contributed by atoms with van der Waals surface area (Å²) in [5, 5.41) is 0.908. The van der Waals surface area contributed by atoms with Gasteiger partial charge in [0.1, 0.15) is 6.29 Å². The lowest BCUT2D eigenvalue weighted by atomic mass is 10.2. The maximum Gasteiger partial charge on any atom is 0.332 e. The van der Waals surface area contributed by atoms with Gasteiger partial charge < -0.3 is 9.63 Å². The zero-order valence-corrected chi connectivity index (χ0v) is 10.6. The Labute approximate surface area is 102 Å². The molecule has 0 bridgehead atoms. The van der Waals surface area contributed by atoms with E-state index in [1.807, 2.05) is 0 Å². The van der Waals surface area contributed by atoms with Crippen LogP contribution in [0.25, 0.3) is 0 Å². The number of nitrogens with zero attached hydrogens (tertiary/aromatic N) is 1. The van der Waals surface area contributed by atoms with Crippen molar-refractivity contribution in [3.05, 3.63) is 0 Å². The summed E-state index contributed by atoms with van der Waals surface area (Å²) in [6.45, 7) is 2.10. The lowest BCUT2D eigenvalue weighted by Crippen LogP contribution is -2.29. The van der Waals surface area contributed by atoms with Crippen molar-refractivity contribution in [1.29, 1.82) is 0 Å². The Hall–Kier alpha value is -1.39. The van der Waals surface area contributed by atoms with E-state index in [9.17, 15) is 14.4 Å². The number of hydrogen-bond donors (Lipinski definition) is 0. The molecule has 0 fully saturated rings. The second-order valence-electron chi connectivity index (χ2n) is 3.87. The van der Waals surface area contributed by atoms with Crippen LogP contribution in [0.2, 0.25) is 0 Å². The Bertz CT molecular complexity index is 253. The van der Waals surface area contributed by atoms with E-state index in [0.717, 1.165) is 30.7 Å². The van der Waals surface area contributed by atoms with Crippen LogP contribution in [0.15, 0.2) is 0 Å². The summed E-state index contributed by atoms with van der Waals surface area (Å²) in [4.78, 5) is 37.5. The summed E-state index contributed by atoms with van der Waals surface area (Å²) in [7, 11) is 1.39. The van der Waals surface area contributed by atoms with E-state index < -0.39 is 5.97 Å². The highest BCUT2D eigenvalue weighted by Crippen LogP contribution is 2.04. The monoisotopic (exact) mass is 243 g/mol. The van der Waals surface area contributed by atoms with Gasteiger partial charge in [-0.2, -0.15) is 5.06 Å². The zero-order valence-electron chi connectivity index (χ0n) is 10.6. The van der Waals surface area contributed by atoms with Crippen LogP contribution in [0, 0.1) is 0 Å². The first-order valence-corrected chi connectivity index (χ1v) is 6.02. The quantitative estimate of drug-likeness (QED) is 0.371. The Morgan fingerprint density at radius 2 is 1.88 bits per heavy atom. The molecule has 0 heterocycles. The van der Waals surface area contributed by atoms with Crippen molar-refractivity contribution in [3.63, 3.8) is 0 Å². The second-order valence-corrected chi connectivity index (χ2v) is 3.87. The summed E-state index contributed by atoms with van der Waals surface area (Å²) in [6.07, 6.45) is 5.20. The van der Waals surface area contributed by atoms with E-state index >= 15 is 0 Å². The summed E-state index contributed by atoms with van der Waals surface area (Å²) in [5.41, 5.74) is 0. The molecule has 0 spiro atoms. The smallest absolute Gasteiger partial charge is 0.332 e. The van der Waals surface area contributed by atoms with Gasteiger partial charge in [0, 0.05) is 26.3 Å². The SMILES string of the molecule is CCCCCCC(=O)ON(C)C(=O)CCC=O. The summed E-state index contributed by atoms with van der Waals surface area (Å²) in [6, 6.07) is 0. The minimum atomic E-state index is -0.400. The van der Waals surface area contributed by atoms with Crippen LogP contribution in [-0.2, 0) is 19.2 Å². The first kappa shape index (κ1) is 15.6. The van der Waals surface area contributed by atoms with Crippen molar-refractivity contribution in [2.45, 2.75) is 51.9 Å². The molecule has 0 atom stereocenters. The van der Waals surface area contributed by atoms with E-state index in [2.05, 4.69) is 6.92 Å². The fourth-order valence-electron chi connectivity index (χ4n) is 1.29. The first-order chi connectivity index (χ1) is 8.11. The molecule has 98 valence electrons. The van der Waals surface area contributed by atoms with Crippen LogP contribution in [-0.4, -0.2) is 30.3 Å². The van der Waals surface area contributed by atoms with Crippen LogP contribution in [0.1, 0.15) is 51.9 Å². The topological polar surface area (TPSA) is 63.7 Å². The highest BCUT2D eigenvalue weighted by Gasteiger charge is 2.13. The van der Waals surface area contributed by atoms with E-state index in [-0.39, 0.29) is 18.7 Å². The van der Waals surface area contributed by atoms with Crippen LogP contribution >= 0.6 is 0 Å². The molecule has 0 rings (SSSR count). The average molecular weight is 243 g/mol. The van der Waals surface area contributed by atoms with Crippen molar-refractivity contribution < 1.29 is 19.2 Å². The molecule has 0 aromatic carbocycles. The molecule has 0 aliphatic carbocycles. The molecule has 0 saturated heterocycles. The fraction of sp³-hybridized carbons (Fsp3) is 0.750. The van der Waals surface area contributed by atoms with E-state index in [4.69, 9.17) is 4.84 Å². The Balaban J connectivity index is 3.71. The van der Waals surface area contributed by atoms with Gasteiger partial charge in [-0.25, -0.2) is 4.79 Å². The molecule has 1 amide bonds. The predicted molar refractivity (Wildman–Crippen MR) is 62.9 cm³/mol. The van der Waals surface area contributed by atoms with Crippen LogP contribution < -0.4 is 0 Å². The molecule has 0 N–H and O–H groups in total. The molecule has 17 heavy (non-hydrogen) atoms. The molecule has 0 saturated carbocycles. The third kappa shape index (κ3) is 8.42. The molecule has 0 aromatic rings. The van der Waals surface area contributed by atoms with E-state index in [1.165, 1.54) is 7.05 Å². The molecule has 0 aromatic heterocycles. The average Bonchev–Trinajstić information content (AvgIpc) is 2.31. The standard InChI is InChI=1S/C12H21NO4/c1-3-4-5-6-9-12(16)17-13(2)11(15)8-7-10-14/h10H,3-9H2,1-2H3. The number of hydrogen-bond acceptors (Lipinski definition) is 4. The molecule has 0 aliphatic heterocycles. The molecular weight excluding hydrogens is 222 g/mol. The number of unbranched alkanes of at least 4 members (excludes halogenated alkanes) is 3.